The molecule has 0 aliphatic rings. The Bertz CT molecular complexity index is 410. The molecule has 1 aromatic rings. The highest BCUT2D eigenvalue weighted by molar-refractivity contribution is 14.0. The van der Waals surface area contributed by atoms with Crippen molar-refractivity contribution in [1.82, 2.24) is 15.5 Å². The van der Waals surface area contributed by atoms with E-state index in [0.717, 1.165) is 18.3 Å². The van der Waals surface area contributed by atoms with Crippen LogP contribution in [0.1, 0.15) is 39.5 Å². The molecule has 1 rings (SSSR count). The zero-order valence-electron chi connectivity index (χ0n) is 13.9. The number of aliphatic imine (C=N–C) groups is 1. The van der Waals surface area contributed by atoms with E-state index < -0.39 is 0 Å². The van der Waals surface area contributed by atoms with Gasteiger partial charge in [0.15, 0.2) is 5.96 Å². The number of likely N-dealkylation sites (N-methyl/N-ethyl adjacent to an activating group) is 1. The number of halogens is 1. The molecule has 1 unspecified atom stereocenters. The van der Waals surface area contributed by atoms with Crippen LogP contribution in [0.5, 0.6) is 0 Å². The van der Waals surface area contributed by atoms with Crippen molar-refractivity contribution in [3.05, 3.63) is 24.2 Å². The summed E-state index contributed by atoms with van der Waals surface area (Å²) in [5.74, 6) is 1.77. The molecule has 0 saturated carbocycles. The summed E-state index contributed by atoms with van der Waals surface area (Å²) in [7, 11) is 4.07. The topological polar surface area (TPSA) is 52.8 Å². The van der Waals surface area contributed by atoms with Crippen molar-refractivity contribution in [3.8, 4) is 0 Å². The van der Waals surface area contributed by atoms with E-state index in [4.69, 9.17) is 4.42 Å². The monoisotopic (exact) mass is 408 g/mol. The molecular weight excluding hydrogens is 379 g/mol. The second-order valence-electron chi connectivity index (χ2n) is 6.09. The number of rotatable bonds is 5. The summed E-state index contributed by atoms with van der Waals surface area (Å²) < 4.78 is 5.50. The first-order valence-corrected chi connectivity index (χ1v) is 7.10. The Labute approximate surface area is 145 Å². The van der Waals surface area contributed by atoms with Gasteiger partial charge in [0.25, 0.3) is 0 Å². The predicted molar refractivity (Wildman–Crippen MR) is 99.4 cm³/mol. The zero-order chi connectivity index (χ0) is 15.2. The second-order valence-corrected chi connectivity index (χ2v) is 6.09. The molecule has 0 spiro atoms. The van der Waals surface area contributed by atoms with Crippen LogP contribution in [0.25, 0.3) is 0 Å². The van der Waals surface area contributed by atoms with Crippen molar-refractivity contribution in [2.24, 2.45) is 4.99 Å². The van der Waals surface area contributed by atoms with Crippen LogP contribution in [-0.4, -0.2) is 43.6 Å². The molecule has 0 radical (unpaired) electrons. The molecule has 0 aromatic carbocycles. The molecule has 0 amide bonds. The van der Waals surface area contributed by atoms with E-state index in [1.807, 2.05) is 26.2 Å². The summed E-state index contributed by atoms with van der Waals surface area (Å²) >= 11 is 0. The Morgan fingerprint density at radius 3 is 2.48 bits per heavy atom. The molecule has 0 fully saturated rings. The molecule has 0 bridgehead atoms. The summed E-state index contributed by atoms with van der Waals surface area (Å²) in [6.45, 7) is 9.92. The Balaban J connectivity index is 0.00000400. The van der Waals surface area contributed by atoms with Crippen LogP contribution in [0.15, 0.2) is 27.8 Å². The van der Waals surface area contributed by atoms with E-state index in [0.29, 0.717) is 6.54 Å². The average Bonchev–Trinajstić information content (AvgIpc) is 2.80. The lowest BCUT2D eigenvalue weighted by Gasteiger charge is -2.25. The maximum absolute atomic E-state index is 5.50. The summed E-state index contributed by atoms with van der Waals surface area (Å²) in [5.41, 5.74) is -0.0146. The van der Waals surface area contributed by atoms with Crippen LogP contribution < -0.4 is 10.6 Å². The number of guanidine groups is 1. The highest BCUT2D eigenvalue weighted by atomic mass is 127. The number of furan rings is 1. The lowest BCUT2D eigenvalue weighted by molar-refractivity contribution is 0.264. The Hall–Kier alpha value is -0.760. The van der Waals surface area contributed by atoms with Crippen molar-refractivity contribution in [3.63, 3.8) is 0 Å². The molecule has 2 N–H and O–H groups in total. The second kappa shape index (κ2) is 9.30. The van der Waals surface area contributed by atoms with Crippen molar-refractivity contribution in [2.45, 2.75) is 39.3 Å². The summed E-state index contributed by atoms with van der Waals surface area (Å²) in [6.07, 6.45) is 1.70. The fraction of sp³-hybridized carbons (Fsp3) is 0.667. The minimum atomic E-state index is -0.0146. The van der Waals surface area contributed by atoms with E-state index in [2.05, 4.69) is 48.2 Å². The van der Waals surface area contributed by atoms with Gasteiger partial charge in [-0.3, -0.25) is 9.89 Å². The third-order valence-corrected chi connectivity index (χ3v) is 2.75. The average molecular weight is 408 g/mol. The minimum Gasteiger partial charge on any atom is -0.468 e. The number of nitrogens with zero attached hydrogens (tertiary/aromatic N) is 2. The third kappa shape index (κ3) is 7.71. The number of hydrogen-bond acceptors (Lipinski definition) is 3. The van der Waals surface area contributed by atoms with Crippen molar-refractivity contribution < 1.29 is 4.42 Å². The van der Waals surface area contributed by atoms with Gasteiger partial charge >= 0.3 is 0 Å². The summed E-state index contributed by atoms with van der Waals surface area (Å²) in [4.78, 5) is 6.78. The standard InChI is InChI=1S/C15H28N4O.HI/c1-7-16-14(18-15(2,3)4)17-11-12(19(5)6)13-9-8-10-20-13;/h8-10,12H,7,11H2,1-6H3,(H2,16,17,18);1H. The van der Waals surface area contributed by atoms with E-state index in [9.17, 15) is 0 Å². The maximum atomic E-state index is 5.50. The minimum absolute atomic E-state index is 0. The number of hydrogen-bond donors (Lipinski definition) is 2. The lowest BCUT2D eigenvalue weighted by Crippen LogP contribution is -2.47. The van der Waals surface area contributed by atoms with Crippen LogP contribution in [0.4, 0.5) is 0 Å². The van der Waals surface area contributed by atoms with Crippen molar-refractivity contribution in [1.29, 1.82) is 0 Å². The van der Waals surface area contributed by atoms with Gasteiger partial charge < -0.3 is 15.1 Å². The molecular formula is C15H29IN4O. The van der Waals surface area contributed by atoms with Crippen molar-refractivity contribution >= 4 is 29.9 Å². The first-order valence-electron chi connectivity index (χ1n) is 7.10. The molecule has 122 valence electrons. The van der Waals surface area contributed by atoms with Crippen LogP contribution in [0.3, 0.4) is 0 Å². The fourth-order valence-electron chi connectivity index (χ4n) is 1.83. The molecule has 1 aromatic heterocycles. The van der Waals surface area contributed by atoms with E-state index in [1.165, 1.54) is 0 Å². The molecule has 0 saturated heterocycles. The molecule has 21 heavy (non-hydrogen) atoms. The largest absolute Gasteiger partial charge is 0.468 e. The fourth-order valence-corrected chi connectivity index (χ4v) is 1.83. The van der Waals surface area contributed by atoms with Gasteiger partial charge in [-0.1, -0.05) is 0 Å². The molecule has 5 nitrogen and oxygen atoms in total. The zero-order valence-corrected chi connectivity index (χ0v) is 16.3. The first kappa shape index (κ1) is 20.2. The van der Waals surface area contributed by atoms with Gasteiger partial charge in [-0.15, -0.1) is 24.0 Å². The van der Waals surface area contributed by atoms with Crippen LogP contribution >= 0.6 is 24.0 Å². The van der Waals surface area contributed by atoms with E-state index >= 15 is 0 Å². The normalized spacial score (nSPS) is 13.8. The van der Waals surface area contributed by atoms with Crippen LogP contribution in [-0.2, 0) is 0 Å². The highest BCUT2D eigenvalue weighted by Crippen LogP contribution is 2.18. The van der Waals surface area contributed by atoms with Gasteiger partial charge in [-0.2, -0.15) is 0 Å². The molecule has 1 atom stereocenters. The van der Waals surface area contributed by atoms with E-state index in [1.54, 1.807) is 6.26 Å². The molecule has 0 aliphatic carbocycles. The smallest absolute Gasteiger partial charge is 0.191 e. The summed E-state index contributed by atoms with van der Waals surface area (Å²) in [6, 6.07) is 4.04. The van der Waals surface area contributed by atoms with Gasteiger partial charge in [-0.05, 0) is 53.9 Å². The van der Waals surface area contributed by atoms with Gasteiger partial charge in [0.1, 0.15) is 5.76 Å². The Morgan fingerprint density at radius 2 is 2.05 bits per heavy atom. The Morgan fingerprint density at radius 1 is 1.38 bits per heavy atom. The van der Waals surface area contributed by atoms with Gasteiger partial charge in [0.05, 0.1) is 18.8 Å². The van der Waals surface area contributed by atoms with Crippen molar-refractivity contribution in [2.75, 3.05) is 27.2 Å². The molecule has 0 aliphatic heterocycles. The highest BCUT2D eigenvalue weighted by Gasteiger charge is 2.17. The molecule has 6 heteroatoms. The number of nitrogens with one attached hydrogen (secondary N) is 2. The predicted octanol–water partition coefficient (Wildman–Crippen LogP) is 2.85. The Kier molecular flexibility index (Phi) is 8.96. The maximum Gasteiger partial charge on any atom is 0.191 e. The SMILES string of the molecule is CCNC(=NCC(c1ccco1)N(C)C)NC(C)(C)C.I. The van der Waals surface area contributed by atoms with Gasteiger partial charge in [0, 0.05) is 12.1 Å². The quantitative estimate of drug-likeness (QED) is 0.447. The van der Waals surface area contributed by atoms with Gasteiger partial charge in [0.2, 0.25) is 0 Å². The van der Waals surface area contributed by atoms with Gasteiger partial charge in [-0.25, -0.2) is 0 Å². The lowest BCUT2D eigenvalue weighted by atomic mass is 10.1. The van der Waals surface area contributed by atoms with Crippen LogP contribution in [0.2, 0.25) is 0 Å². The van der Waals surface area contributed by atoms with E-state index in [-0.39, 0.29) is 35.6 Å². The van der Waals surface area contributed by atoms with Crippen LogP contribution in [0, 0.1) is 0 Å². The molecule has 1 heterocycles. The first-order chi connectivity index (χ1) is 9.33. The summed E-state index contributed by atoms with van der Waals surface area (Å²) in [5, 5.41) is 6.65. The third-order valence-electron chi connectivity index (χ3n) is 2.75.